The molecule has 1 rings (SSSR count). The van der Waals surface area contributed by atoms with Gasteiger partial charge in [-0.05, 0) is 5.92 Å². The Hall–Kier alpha value is -0.550. The Balaban J connectivity index is 2.23. The zero-order valence-electron chi connectivity index (χ0n) is 8.93. The fourth-order valence-corrected chi connectivity index (χ4v) is 1.77. The largest absolute Gasteiger partial charge is 0.355 e. The first-order valence-electron chi connectivity index (χ1n) is 4.94. The first kappa shape index (κ1) is 12.5. The van der Waals surface area contributed by atoms with Crippen molar-refractivity contribution in [2.24, 2.45) is 5.92 Å². The summed E-state index contributed by atoms with van der Waals surface area (Å²) >= 11 is 5.81. The normalized spacial score (nSPS) is 12.8. The Morgan fingerprint density at radius 3 is 2.93 bits per heavy atom. The number of thiazole rings is 1. The third kappa shape index (κ3) is 4.22. The van der Waals surface area contributed by atoms with E-state index in [0.717, 1.165) is 12.1 Å². The van der Waals surface area contributed by atoms with Crippen molar-refractivity contribution in [2.45, 2.75) is 25.5 Å². The molecule has 1 atom stereocenters. The molecule has 1 amide bonds. The van der Waals surface area contributed by atoms with Gasteiger partial charge in [-0.1, -0.05) is 13.8 Å². The summed E-state index contributed by atoms with van der Waals surface area (Å²) in [6.07, 6.45) is 0.786. The van der Waals surface area contributed by atoms with Crippen LogP contribution in [0.15, 0.2) is 10.9 Å². The molecule has 1 aromatic rings. The highest BCUT2D eigenvalue weighted by Gasteiger charge is 2.16. The van der Waals surface area contributed by atoms with Crippen LogP contribution in [0.3, 0.4) is 0 Å². The van der Waals surface area contributed by atoms with Crippen molar-refractivity contribution < 1.29 is 4.79 Å². The fraction of sp³-hybridized carbons (Fsp3) is 0.600. The highest BCUT2D eigenvalue weighted by atomic mass is 32.1. The summed E-state index contributed by atoms with van der Waals surface area (Å²) in [4.78, 5) is 15.6. The molecule has 1 N–H and O–H groups in total. The number of thiol groups is 1. The van der Waals surface area contributed by atoms with Gasteiger partial charge >= 0.3 is 0 Å². The quantitative estimate of drug-likeness (QED) is 0.775. The highest BCUT2D eigenvalue weighted by molar-refractivity contribution is 7.81. The van der Waals surface area contributed by atoms with Gasteiger partial charge in [0, 0.05) is 18.3 Å². The molecule has 1 unspecified atom stereocenters. The van der Waals surface area contributed by atoms with Crippen molar-refractivity contribution in [1.29, 1.82) is 0 Å². The van der Waals surface area contributed by atoms with E-state index in [2.05, 4.69) is 22.9 Å². The average molecular weight is 244 g/mol. The molecule has 0 spiro atoms. The molecule has 0 saturated carbocycles. The second kappa shape index (κ2) is 6.12. The lowest BCUT2D eigenvalue weighted by Crippen LogP contribution is -2.35. The number of carbonyl (C=O) groups excluding carboxylic acids is 1. The van der Waals surface area contributed by atoms with Crippen molar-refractivity contribution in [3.8, 4) is 0 Å². The first-order valence-corrected chi connectivity index (χ1v) is 6.40. The minimum absolute atomic E-state index is 0.00330. The fourth-order valence-electron chi connectivity index (χ4n) is 1.08. The monoisotopic (exact) mass is 244 g/mol. The summed E-state index contributed by atoms with van der Waals surface area (Å²) in [6, 6.07) is 0. The zero-order chi connectivity index (χ0) is 11.3. The number of amides is 1. The molecule has 1 heterocycles. The van der Waals surface area contributed by atoms with Gasteiger partial charge in [0.25, 0.3) is 0 Å². The van der Waals surface area contributed by atoms with Crippen LogP contribution in [0, 0.1) is 5.92 Å². The minimum Gasteiger partial charge on any atom is -0.355 e. The third-order valence-corrected chi connectivity index (χ3v) is 3.53. The maximum atomic E-state index is 11.5. The third-order valence-electron chi connectivity index (χ3n) is 2.06. The van der Waals surface area contributed by atoms with Gasteiger partial charge in [0.1, 0.15) is 0 Å². The van der Waals surface area contributed by atoms with Gasteiger partial charge in [-0.3, -0.25) is 4.79 Å². The second-order valence-electron chi connectivity index (χ2n) is 3.71. The van der Waals surface area contributed by atoms with Crippen LogP contribution in [0.5, 0.6) is 0 Å². The van der Waals surface area contributed by atoms with Crippen LogP contribution < -0.4 is 5.32 Å². The Kier molecular flexibility index (Phi) is 5.11. The molecule has 0 aromatic carbocycles. The average Bonchev–Trinajstić information content (AvgIpc) is 2.69. The van der Waals surface area contributed by atoms with E-state index >= 15 is 0 Å². The van der Waals surface area contributed by atoms with Crippen molar-refractivity contribution in [2.75, 3.05) is 6.54 Å². The standard InChI is InChI=1S/C10H16N2OS2/c1-7(2)9(14)10(13)11-4-3-8-5-15-6-12-8/h5-7,9,14H,3-4H2,1-2H3,(H,11,13). The molecule has 5 heteroatoms. The molecule has 0 aliphatic rings. The molecule has 0 bridgehead atoms. The molecule has 0 aliphatic carbocycles. The van der Waals surface area contributed by atoms with E-state index in [1.807, 2.05) is 19.2 Å². The Morgan fingerprint density at radius 1 is 1.67 bits per heavy atom. The van der Waals surface area contributed by atoms with E-state index in [9.17, 15) is 4.79 Å². The summed E-state index contributed by atoms with van der Waals surface area (Å²) in [6.45, 7) is 4.60. The summed E-state index contributed by atoms with van der Waals surface area (Å²) in [7, 11) is 0. The summed E-state index contributed by atoms with van der Waals surface area (Å²) in [5.74, 6) is 0.260. The van der Waals surface area contributed by atoms with Gasteiger partial charge in [0.15, 0.2) is 0 Å². The van der Waals surface area contributed by atoms with Crippen LogP contribution in [0.25, 0.3) is 0 Å². The van der Waals surface area contributed by atoms with Crippen molar-refractivity contribution >= 4 is 29.9 Å². The summed E-state index contributed by atoms with van der Waals surface area (Å²) in [5.41, 5.74) is 2.83. The van der Waals surface area contributed by atoms with E-state index in [-0.39, 0.29) is 17.1 Å². The lowest BCUT2D eigenvalue weighted by molar-refractivity contribution is -0.121. The van der Waals surface area contributed by atoms with Gasteiger partial charge in [-0.2, -0.15) is 12.6 Å². The van der Waals surface area contributed by atoms with Gasteiger partial charge in [0.05, 0.1) is 16.5 Å². The number of carbonyl (C=O) groups is 1. The number of aromatic nitrogens is 1. The first-order chi connectivity index (χ1) is 7.11. The number of nitrogens with zero attached hydrogens (tertiary/aromatic N) is 1. The molecule has 15 heavy (non-hydrogen) atoms. The molecule has 0 aliphatic heterocycles. The molecule has 0 radical (unpaired) electrons. The van der Waals surface area contributed by atoms with Crippen LogP contribution in [0.2, 0.25) is 0 Å². The van der Waals surface area contributed by atoms with Crippen LogP contribution in [-0.2, 0) is 11.2 Å². The Morgan fingerprint density at radius 2 is 2.40 bits per heavy atom. The van der Waals surface area contributed by atoms with Crippen molar-refractivity contribution in [3.63, 3.8) is 0 Å². The predicted molar refractivity (Wildman–Crippen MR) is 66.4 cm³/mol. The minimum atomic E-state index is -0.222. The Bertz CT molecular complexity index is 298. The SMILES string of the molecule is CC(C)C(S)C(=O)NCCc1cscn1. The molecule has 0 saturated heterocycles. The number of hydrogen-bond acceptors (Lipinski definition) is 4. The van der Waals surface area contributed by atoms with E-state index in [1.165, 1.54) is 0 Å². The lowest BCUT2D eigenvalue weighted by atomic mass is 10.1. The number of nitrogens with one attached hydrogen (secondary N) is 1. The molecule has 84 valence electrons. The Labute approximate surface area is 99.7 Å². The van der Waals surface area contributed by atoms with Crippen LogP contribution in [-0.4, -0.2) is 22.7 Å². The summed E-state index contributed by atoms with van der Waals surface area (Å²) in [5, 5.41) is 4.62. The smallest absolute Gasteiger partial charge is 0.233 e. The molecule has 1 aromatic heterocycles. The highest BCUT2D eigenvalue weighted by Crippen LogP contribution is 2.08. The second-order valence-corrected chi connectivity index (χ2v) is 4.98. The van der Waals surface area contributed by atoms with E-state index in [4.69, 9.17) is 0 Å². The van der Waals surface area contributed by atoms with Crippen molar-refractivity contribution in [1.82, 2.24) is 10.3 Å². The van der Waals surface area contributed by atoms with Gasteiger partial charge in [0.2, 0.25) is 5.91 Å². The number of rotatable bonds is 5. The van der Waals surface area contributed by atoms with E-state index in [1.54, 1.807) is 16.8 Å². The van der Waals surface area contributed by atoms with Crippen LogP contribution in [0.1, 0.15) is 19.5 Å². The van der Waals surface area contributed by atoms with Gasteiger partial charge < -0.3 is 5.32 Å². The van der Waals surface area contributed by atoms with Gasteiger partial charge in [-0.25, -0.2) is 4.98 Å². The maximum absolute atomic E-state index is 11.5. The van der Waals surface area contributed by atoms with Crippen LogP contribution >= 0.6 is 24.0 Å². The topological polar surface area (TPSA) is 42.0 Å². The molecule has 0 fully saturated rings. The summed E-state index contributed by atoms with van der Waals surface area (Å²) < 4.78 is 0. The molecular weight excluding hydrogens is 228 g/mol. The maximum Gasteiger partial charge on any atom is 0.233 e. The van der Waals surface area contributed by atoms with E-state index in [0.29, 0.717) is 6.54 Å². The van der Waals surface area contributed by atoms with Gasteiger partial charge in [-0.15, -0.1) is 11.3 Å². The number of hydrogen-bond donors (Lipinski definition) is 2. The molecular formula is C10H16N2OS2. The lowest BCUT2D eigenvalue weighted by Gasteiger charge is -2.13. The van der Waals surface area contributed by atoms with Crippen LogP contribution in [0.4, 0.5) is 0 Å². The van der Waals surface area contributed by atoms with E-state index < -0.39 is 0 Å². The zero-order valence-corrected chi connectivity index (χ0v) is 10.6. The molecule has 3 nitrogen and oxygen atoms in total. The predicted octanol–water partition coefficient (Wildman–Crippen LogP) is 1.76. The van der Waals surface area contributed by atoms with Crippen molar-refractivity contribution in [3.05, 3.63) is 16.6 Å².